The molecule has 5 heteroatoms. The fourth-order valence-corrected chi connectivity index (χ4v) is 3.45. The molecule has 0 spiro atoms. The van der Waals surface area contributed by atoms with Crippen LogP contribution in [0.25, 0.3) is 10.8 Å². The Labute approximate surface area is 171 Å². The lowest BCUT2D eigenvalue weighted by molar-refractivity contribution is -0.118. The lowest BCUT2D eigenvalue weighted by Crippen LogP contribution is -2.31. The van der Waals surface area contributed by atoms with Crippen LogP contribution in [0, 0.1) is 6.92 Å². The average Bonchev–Trinajstić information content (AvgIpc) is 2.68. The van der Waals surface area contributed by atoms with Crippen LogP contribution in [0.2, 0.25) is 0 Å². The number of rotatable bonds is 6. The summed E-state index contributed by atoms with van der Waals surface area (Å²) >= 11 is 0. The quantitative estimate of drug-likeness (QED) is 0.652. The number of aromatic nitrogens is 1. The highest BCUT2D eigenvalue weighted by Gasteiger charge is 2.19. The van der Waals surface area contributed by atoms with Crippen molar-refractivity contribution in [2.45, 2.75) is 53.2 Å². The van der Waals surface area contributed by atoms with Gasteiger partial charge in [0.2, 0.25) is 5.91 Å². The number of nitrogens with zero attached hydrogens (tertiary/aromatic N) is 1. The molecule has 0 bridgehead atoms. The highest BCUT2D eigenvalue weighted by Crippen LogP contribution is 2.23. The van der Waals surface area contributed by atoms with Crippen molar-refractivity contribution in [1.82, 2.24) is 4.57 Å². The van der Waals surface area contributed by atoms with Crippen molar-refractivity contribution in [3.63, 3.8) is 0 Å². The largest absolute Gasteiger partial charge is 0.491 e. The van der Waals surface area contributed by atoms with Crippen molar-refractivity contribution in [2.75, 3.05) is 5.32 Å². The highest BCUT2D eigenvalue weighted by molar-refractivity contribution is 5.95. The summed E-state index contributed by atoms with van der Waals surface area (Å²) in [6, 6.07) is 12.6. The Balaban J connectivity index is 1.91. The Morgan fingerprint density at radius 3 is 2.59 bits per heavy atom. The van der Waals surface area contributed by atoms with E-state index in [-0.39, 0.29) is 17.6 Å². The van der Waals surface area contributed by atoms with E-state index in [1.807, 2.05) is 51.1 Å². The minimum absolute atomic E-state index is 0.0611. The summed E-state index contributed by atoms with van der Waals surface area (Å²) in [4.78, 5) is 25.9. The molecule has 3 aromatic rings. The molecule has 0 saturated carbocycles. The first-order valence-corrected chi connectivity index (χ1v) is 10.0. The Morgan fingerprint density at radius 1 is 1.14 bits per heavy atom. The maximum Gasteiger partial charge on any atom is 0.259 e. The molecule has 0 fully saturated rings. The van der Waals surface area contributed by atoms with Crippen molar-refractivity contribution < 1.29 is 9.53 Å². The van der Waals surface area contributed by atoms with Gasteiger partial charge in [0.25, 0.3) is 5.56 Å². The summed E-state index contributed by atoms with van der Waals surface area (Å²) in [5.41, 5.74) is 2.72. The molecular formula is C24H28N2O3. The molecule has 3 rings (SSSR count). The Morgan fingerprint density at radius 2 is 1.90 bits per heavy atom. The monoisotopic (exact) mass is 392 g/mol. The topological polar surface area (TPSA) is 60.3 Å². The van der Waals surface area contributed by atoms with Gasteiger partial charge in [-0.25, -0.2) is 0 Å². The van der Waals surface area contributed by atoms with Gasteiger partial charge in [0.05, 0.1) is 6.10 Å². The predicted molar refractivity (Wildman–Crippen MR) is 118 cm³/mol. The smallest absolute Gasteiger partial charge is 0.259 e. The highest BCUT2D eigenvalue weighted by atomic mass is 16.5. The number of fused-ring (bicyclic) bond motifs is 1. The van der Waals surface area contributed by atoms with E-state index in [0.29, 0.717) is 5.39 Å². The second kappa shape index (κ2) is 8.52. The van der Waals surface area contributed by atoms with Gasteiger partial charge in [0.1, 0.15) is 11.8 Å². The van der Waals surface area contributed by atoms with E-state index in [0.717, 1.165) is 34.4 Å². The molecule has 1 atom stereocenters. The lowest BCUT2D eigenvalue weighted by atomic mass is 10.1. The maximum absolute atomic E-state index is 13.0. The Hall–Kier alpha value is -3.08. The second-order valence-electron chi connectivity index (χ2n) is 7.57. The van der Waals surface area contributed by atoms with Gasteiger partial charge in [-0.3, -0.25) is 9.59 Å². The number of para-hydroxylation sites is 1. The summed E-state index contributed by atoms with van der Waals surface area (Å²) in [7, 11) is 0. The fourth-order valence-electron chi connectivity index (χ4n) is 3.45. The second-order valence-corrected chi connectivity index (χ2v) is 7.57. The number of carbonyl (C=O) groups excluding carboxylic acids is 1. The molecule has 1 amide bonds. The first kappa shape index (κ1) is 20.6. The van der Waals surface area contributed by atoms with Crippen molar-refractivity contribution in [3.05, 3.63) is 70.1 Å². The van der Waals surface area contributed by atoms with Crippen LogP contribution in [0.1, 0.15) is 44.9 Å². The summed E-state index contributed by atoms with van der Waals surface area (Å²) in [5.74, 6) is 0.511. The van der Waals surface area contributed by atoms with Crippen molar-refractivity contribution in [1.29, 1.82) is 0 Å². The van der Waals surface area contributed by atoms with E-state index in [9.17, 15) is 9.59 Å². The van der Waals surface area contributed by atoms with Crippen LogP contribution in [0.4, 0.5) is 5.69 Å². The number of ether oxygens (including phenoxy) is 1. The van der Waals surface area contributed by atoms with E-state index in [1.165, 1.54) is 4.57 Å². The van der Waals surface area contributed by atoms with E-state index >= 15 is 0 Å². The van der Waals surface area contributed by atoms with Crippen molar-refractivity contribution >= 4 is 22.4 Å². The summed E-state index contributed by atoms with van der Waals surface area (Å²) in [6.07, 6.45) is 2.56. The van der Waals surface area contributed by atoms with Gasteiger partial charge >= 0.3 is 0 Å². The first-order chi connectivity index (χ1) is 13.8. The normalized spacial score (nSPS) is 12.2. The van der Waals surface area contributed by atoms with Gasteiger partial charge in [-0.2, -0.15) is 0 Å². The number of nitrogens with one attached hydrogen (secondary N) is 1. The molecule has 0 radical (unpaired) electrons. The zero-order chi connectivity index (χ0) is 21.1. The molecule has 0 aliphatic rings. The molecule has 152 valence electrons. The van der Waals surface area contributed by atoms with Gasteiger partial charge in [-0.1, -0.05) is 25.1 Å². The Kier molecular flexibility index (Phi) is 6.06. The van der Waals surface area contributed by atoms with E-state index in [4.69, 9.17) is 4.74 Å². The predicted octanol–water partition coefficient (Wildman–Crippen LogP) is 4.86. The maximum atomic E-state index is 13.0. The van der Waals surface area contributed by atoms with Crippen LogP contribution in [0.3, 0.4) is 0 Å². The van der Waals surface area contributed by atoms with Gasteiger partial charge < -0.3 is 14.6 Å². The molecule has 1 unspecified atom stereocenters. The first-order valence-electron chi connectivity index (χ1n) is 10.0. The zero-order valence-corrected chi connectivity index (χ0v) is 17.7. The van der Waals surface area contributed by atoms with Crippen LogP contribution in [0.15, 0.2) is 53.5 Å². The van der Waals surface area contributed by atoms with Crippen LogP contribution >= 0.6 is 0 Å². The van der Waals surface area contributed by atoms with Gasteiger partial charge in [0.15, 0.2) is 0 Å². The van der Waals surface area contributed by atoms with Crippen LogP contribution < -0.4 is 15.6 Å². The number of amides is 1. The molecule has 2 aromatic carbocycles. The van der Waals surface area contributed by atoms with E-state index in [1.54, 1.807) is 25.3 Å². The minimum atomic E-state index is -0.636. The molecule has 0 saturated heterocycles. The molecule has 1 heterocycles. The van der Waals surface area contributed by atoms with Gasteiger partial charge in [0, 0.05) is 17.3 Å². The minimum Gasteiger partial charge on any atom is -0.491 e. The van der Waals surface area contributed by atoms with Gasteiger partial charge in [-0.15, -0.1) is 0 Å². The van der Waals surface area contributed by atoms with E-state index in [2.05, 4.69) is 12.2 Å². The third-order valence-corrected chi connectivity index (χ3v) is 5.06. The third-order valence-electron chi connectivity index (χ3n) is 5.06. The summed E-state index contributed by atoms with van der Waals surface area (Å²) < 4.78 is 7.18. The number of anilines is 1. The SMILES string of the molecule is CCc1cccc(C)c1NC(=O)C(C)n1ccc2cc(OC(C)C)ccc2c1=O. The van der Waals surface area contributed by atoms with E-state index < -0.39 is 6.04 Å². The number of aryl methyl sites for hydroxylation is 2. The molecule has 5 nitrogen and oxygen atoms in total. The molecule has 1 aromatic heterocycles. The number of pyridine rings is 1. The van der Waals surface area contributed by atoms with Crippen LogP contribution in [0.5, 0.6) is 5.75 Å². The molecule has 29 heavy (non-hydrogen) atoms. The number of hydrogen-bond donors (Lipinski definition) is 1. The Bertz CT molecular complexity index is 1100. The molecule has 1 N–H and O–H groups in total. The van der Waals surface area contributed by atoms with Gasteiger partial charge in [-0.05, 0) is 74.9 Å². The number of benzene rings is 2. The summed E-state index contributed by atoms with van der Waals surface area (Å²) in [5, 5.41) is 4.37. The molecular weight excluding hydrogens is 364 g/mol. The summed E-state index contributed by atoms with van der Waals surface area (Å²) in [6.45, 7) is 9.68. The van der Waals surface area contributed by atoms with Crippen LogP contribution in [-0.2, 0) is 11.2 Å². The zero-order valence-electron chi connectivity index (χ0n) is 17.7. The standard InChI is InChI=1S/C24H28N2O3/c1-6-18-9-7-8-16(4)22(18)25-23(27)17(5)26-13-12-19-14-20(29-15(2)3)10-11-21(19)24(26)28/h7-15,17H,6H2,1-5H3,(H,25,27). The lowest BCUT2D eigenvalue weighted by Gasteiger charge is -2.19. The average molecular weight is 392 g/mol. The number of hydrogen-bond acceptors (Lipinski definition) is 3. The fraction of sp³-hybridized carbons (Fsp3) is 0.333. The third kappa shape index (κ3) is 4.34. The van der Waals surface area contributed by atoms with Crippen LogP contribution in [-0.4, -0.2) is 16.6 Å². The van der Waals surface area contributed by atoms with Crippen molar-refractivity contribution in [3.8, 4) is 5.75 Å². The van der Waals surface area contributed by atoms with Crippen molar-refractivity contribution in [2.24, 2.45) is 0 Å². The molecule has 0 aliphatic heterocycles. The number of carbonyl (C=O) groups is 1. The molecule has 0 aliphatic carbocycles.